The van der Waals surface area contributed by atoms with Crippen molar-refractivity contribution >= 4 is 23.3 Å². The lowest BCUT2D eigenvalue weighted by molar-refractivity contribution is 0.0793. The van der Waals surface area contributed by atoms with Crippen molar-refractivity contribution < 1.29 is 19.4 Å². The van der Waals surface area contributed by atoms with Crippen molar-refractivity contribution in [1.29, 1.82) is 0 Å². The number of hydrogen-bond acceptors (Lipinski definition) is 6. The Hall–Kier alpha value is -3.46. The highest BCUT2D eigenvalue weighted by atomic mass is 16.5. The second-order valence-corrected chi connectivity index (χ2v) is 7.92. The molecule has 0 aliphatic carbocycles. The minimum atomic E-state index is -0.904. The van der Waals surface area contributed by atoms with E-state index in [-0.39, 0.29) is 5.41 Å². The zero-order chi connectivity index (χ0) is 22.6. The number of amides is 1. The van der Waals surface area contributed by atoms with Crippen LogP contribution in [0.3, 0.4) is 0 Å². The van der Waals surface area contributed by atoms with Gasteiger partial charge in [-0.1, -0.05) is 18.2 Å². The van der Waals surface area contributed by atoms with Crippen molar-refractivity contribution in [3.8, 4) is 5.75 Å². The average molecular weight is 438 g/mol. The largest absolute Gasteiger partial charge is 0.497 e. The maximum Gasteiger partial charge on any atom is 0.407 e. The van der Waals surface area contributed by atoms with Gasteiger partial charge in [0.1, 0.15) is 23.4 Å². The van der Waals surface area contributed by atoms with E-state index in [1.54, 1.807) is 13.3 Å². The van der Waals surface area contributed by atoms with Crippen LogP contribution in [0.5, 0.6) is 5.75 Å². The van der Waals surface area contributed by atoms with Gasteiger partial charge < -0.3 is 24.0 Å². The Labute approximate surface area is 186 Å². The standard InChI is InChI=1S/C23H27N5O4/c1-3-32-15-23(10-11-27(14-23)22(29)30)9-8-20-26-21-19(12-24-16-25-21)28(20)13-17-4-6-18(31-2)7-5-17/h4-9,12,16H,3,10-11,13-15H2,1-2H3,(H,29,30)/b9-8+/t23-/m1/s1. The van der Waals surface area contributed by atoms with Gasteiger partial charge in [-0.05, 0) is 37.1 Å². The van der Waals surface area contributed by atoms with E-state index in [2.05, 4.69) is 14.5 Å². The Balaban J connectivity index is 1.67. The zero-order valence-electron chi connectivity index (χ0n) is 18.3. The van der Waals surface area contributed by atoms with E-state index in [0.717, 1.165) is 22.7 Å². The first-order valence-corrected chi connectivity index (χ1v) is 10.6. The van der Waals surface area contributed by atoms with Crippen LogP contribution in [0.1, 0.15) is 24.7 Å². The van der Waals surface area contributed by atoms with Gasteiger partial charge in [0.15, 0.2) is 5.65 Å². The number of rotatable bonds is 8. The van der Waals surface area contributed by atoms with E-state index in [1.165, 1.54) is 11.2 Å². The molecule has 0 bridgehead atoms. The summed E-state index contributed by atoms with van der Waals surface area (Å²) < 4.78 is 13.0. The number of hydrogen-bond donors (Lipinski definition) is 1. The number of fused-ring (bicyclic) bond motifs is 1. The van der Waals surface area contributed by atoms with Crippen LogP contribution in [0.4, 0.5) is 4.79 Å². The van der Waals surface area contributed by atoms with Gasteiger partial charge in [0.2, 0.25) is 0 Å². The van der Waals surface area contributed by atoms with Crippen LogP contribution in [-0.2, 0) is 11.3 Å². The fourth-order valence-corrected chi connectivity index (χ4v) is 4.01. The van der Waals surface area contributed by atoms with E-state index >= 15 is 0 Å². The van der Waals surface area contributed by atoms with Gasteiger partial charge in [0.25, 0.3) is 0 Å². The molecule has 0 spiro atoms. The number of ether oxygens (including phenoxy) is 2. The molecule has 0 radical (unpaired) electrons. The Morgan fingerprint density at radius 3 is 2.81 bits per heavy atom. The fourth-order valence-electron chi connectivity index (χ4n) is 4.01. The van der Waals surface area contributed by atoms with Crippen LogP contribution >= 0.6 is 0 Å². The van der Waals surface area contributed by atoms with Gasteiger partial charge in [-0.25, -0.2) is 19.7 Å². The number of benzene rings is 1. The monoisotopic (exact) mass is 437 g/mol. The summed E-state index contributed by atoms with van der Waals surface area (Å²) in [5, 5.41) is 9.42. The maximum absolute atomic E-state index is 11.5. The summed E-state index contributed by atoms with van der Waals surface area (Å²) >= 11 is 0. The van der Waals surface area contributed by atoms with Crippen LogP contribution in [0.15, 0.2) is 42.9 Å². The van der Waals surface area contributed by atoms with E-state index in [4.69, 9.17) is 14.5 Å². The highest BCUT2D eigenvalue weighted by molar-refractivity contribution is 5.73. The second-order valence-electron chi connectivity index (χ2n) is 7.92. The number of carboxylic acid groups (broad SMARTS) is 1. The molecule has 1 aliphatic heterocycles. The van der Waals surface area contributed by atoms with Gasteiger partial charge in [0, 0.05) is 31.7 Å². The van der Waals surface area contributed by atoms with Crippen molar-refractivity contribution in [1.82, 2.24) is 24.4 Å². The number of aromatic nitrogens is 4. The molecule has 1 atom stereocenters. The van der Waals surface area contributed by atoms with Crippen molar-refractivity contribution in [2.24, 2.45) is 5.41 Å². The van der Waals surface area contributed by atoms with E-state index in [1.807, 2.05) is 43.3 Å². The minimum absolute atomic E-state index is 0.386. The van der Waals surface area contributed by atoms with Crippen molar-refractivity contribution in [2.75, 3.05) is 33.4 Å². The summed E-state index contributed by atoms with van der Waals surface area (Å²) in [6.07, 6.45) is 7.04. The lowest BCUT2D eigenvalue weighted by Gasteiger charge is -2.25. The Morgan fingerprint density at radius 2 is 2.12 bits per heavy atom. The molecule has 168 valence electrons. The van der Waals surface area contributed by atoms with Crippen molar-refractivity contribution in [3.05, 3.63) is 54.3 Å². The van der Waals surface area contributed by atoms with Crippen LogP contribution < -0.4 is 4.74 Å². The molecule has 1 fully saturated rings. The molecule has 1 aliphatic rings. The van der Waals surface area contributed by atoms with Crippen molar-refractivity contribution in [3.63, 3.8) is 0 Å². The molecule has 3 aromatic rings. The molecule has 32 heavy (non-hydrogen) atoms. The summed E-state index contributed by atoms with van der Waals surface area (Å²) in [6.45, 7) is 4.45. The number of nitrogens with zero attached hydrogens (tertiary/aromatic N) is 5. The van der Waals surface area contributed by atoms with Crippen LogP contribution in [-0.4, -0.2) is 69.0 Å². The second kappa shape index (κ2) is 9.35. The molecule has 0 saturated carbocycles. The molecular formula is C23H27N5O4. The molecule has 1 amide bonds. The smallest absolute Gasteiger partial charge is 0.407 e. The van der Waals surface area contributed by atoms with Crippen LogP contribution in [0, 0.1) is 5.41 Å². The quantitative estimate of drug-likeness (QED) is 0.577. The first-order valence-electron chi connectivity index (χ1n) is 10.6. The van der Waals surface area contributed by atoms with Gasteiger partial charge in [-0.3, -0.25) is 0 Å². The first kappa shape index (κ1) is 21.8. The third-order valence-corrected chi connectivity index (χ3v) is 5.80. The number of imidazole rings is 1. The molecule has 9 nitrogen and oxygen atoms in total. The molecular weight excluding hydrogens is 410 g/mol. The van der Waals surface area contributed by atoms with Gasteiger partial charge in [-0.15, -0.1) is 0 Å². The number of methoxy groups -OCH3 is 1. The molecule has 2 aromatic heterocycles. The maximum atomic E-state index is 11.5. The summed E-state index contributed by atoms with van der Waals surface area (Å²) in [4.78, 5) is 26.1. The topological polar surface area (TPSA) is 103 Å². The van der Waals surface area contributed by atoms with E-state index < -0.39 is 6.09 Å². The molecule has 9 heteroatoms. The molecule has 0 unspecified atom stereocenters. The van der Waals surface area contributed by atoms with E-state index in [0.29, 0.717) is 44.9 Å². The lowest BCUT2D eigenvalue weighted by atomic mass is 9.87. The third kappa shape index (κ3) is 4.57. The Bertz CT molecular complexity index is 1110. The van der Waals surface area contributed by atoms with Crippen molar-refractivity contribution in [2.45, 2.75) is 19.9 Å². The molecule has 1 saturated heterocycles. The summed E-state index contributed by atoms with van der Waals surface area (Å²) in [5.41, 5.74) is 2.15. The number of likely N-dealkylation sites (tertiary alicyclic amines) is 1. The summed E-state index contributed by atoms with van der Waals surface area (Å²) in [5.74, 6) is 1.54. The molecule has 3 heterocycles. The zero-order valence-corrected chi connectivity index (χ0v) is 18.3. The normalized spacial score (nSPS) is 18.6. The minimum Gasteiger partial charge on any atom is -0.497 e. The predicted molar refractivity (Wildman–Crippen MR) is 120 cm³/mol. The lowest BCUT2D eigenvalue weighted by Crippen LogP contribution is -2.32. The predicted octanol–water partition coefficient (Wildman–Crippen LogP) is 3.30. The summed E-state index contributed by atoms with van der Waals surface area (Å²) in [7, 11) is 1.64. The summed E-state index contributed by atoms with van der Waals surface area (Å²) in [6, 6.07) is 7.88. The first-order chi connectivity index (χ1) is 15.5. The SMILES string of the molecule is CCOC[C@]1(/C=C/c2nc3ncncc3n2Cc2ccc(OC)cc2)CCN(C(=O)O)C1. The fraction of sp³-hybridized carbons (Fsp3) is 0.391. The van der Waals surface area contributed by atoms with Crippen LogP contribution in [0.25, 0.3) is 17.2 Å². The Kier molecular flexibility index (Phi) is 6.36. The third-order valence-electron chi connectivity index (χ3n) is 5.80. The van der Waals surface area contributed by atoms with Gasteiger partial charge in [-0.2, -0.15) is 0 Å². The van der Waals surface area contributed by atoms with E-state index in [9.17, 15) is 9.90 Å². The molecule has 1 N–H and O–H groups in total. The van der Waals surface area contributed by atoms with Gasteiger partial charge in [0.05, 0.1) is 19.9 Å². The number of carbonyl (C=O) groups is 1. The highest BCUT2D eigenvalue weighted by Crippen LogP contribution is 2.33. The van der Waals surface area contributed by atoms with Crippen LogP contribution in [0.2, 0.25) is 0 Å². The highest BCUT2D eigenvalue weighted by Gasteiger charge is 2.38. The van der Waals surface area contributed by atoms with Gasteiger partial charge >= 0.3 is 6.09 Å². The Morgan fingerprint density at radius 1 is 1.31 bits per heavy atom. The average Bonchev–Trinajstić information content (AvgIpc) is 3.39. The molecule has 1 aromatic carbocycles. The molecule has 4 rings (SSSR count).